The number of piperazine rings is 1. The van der Waals surface area contributed by atoms with Crippen molar-refractivity contribution in [1.29, 1.82) is 0 Å². The number of hydrogen-bond acceptors (Lipinski definition) is 3. The highest BCUT2D eigenvalue weighted by Gasteiger charge is 2.25. The molecule has 0 spiro atoms. The summed E-state index contributed by atoms with van der Waals surface area (Å²) in [4.78, 5) is 1.93. The SMILES string of the molecule is Cc1cc(F)cc([C@@H](CF)N2CCNCC2)c1O. The third kappa shape index (κ3) is 2.62. The second-order valence-electron chi connectivity index (χ2n) is 4.62. The van der Waals surface area contributed by atoms with Crippen LogP contribution in [0.2, 0.25) is 0 Å². The fourth-order valence-corrected chi connectivity index (χ4v) is 2.39. The summed E-state index contributed by atoms with van der Waals surface area (Å²) >= 11 is 0. The van der Waals surface area contributed by atoms with Crippen molar-refractivity contribution in [1.82, 2.24) is 10.2 Å². The molecule has 1 aliphatic heterocycles. The first-order valence-corrected chi connectivity index (χ1v) is 6.13. The lowest BCUT2D eigenvalue weighted by Crippen LogP contribution is -2.45. The molecule has 1 aromatic rings. The topological polar surface area (TPSA) is 35.5 Å². The maximum absolute atomic E-state index is 13.4. The van der Waals surface area contributed by atoms with E-state index in [9.17, 15) is 13.9 Å². The summed E-state index contributed by atoms with van der Waals surface area (Å²) in [6.45, 7) is 3.95. The average Bonchev–Trinajstić information content (AvgIpc) is 2.37. The van der Waals surface area contributed by atoms with Gasteiger partial charge >= 0.3 is 0 Å². The second kappa shape index (κ2) is 5.63. The van der Waals surface area contributed by atoms with Gasteiger partial charge in [-0.3, -0.25) is 4.90 Å². The Labute approximate surface area is 105 Å². The van der Waals surface area contributed by atoms with Gasteiger partial charge in [0.15, 0.2) is 0 Å². The highest BCUT2D eigenvalue weighted by molar-refractivity contribution is 5.42. The standard InChI is InChI=1S/C13H18F2N2O/c1-9-6-10(15)7-11(13(9)18)12(8-14)17-4-2-16-3-5-17/h6-7,12,16,18H,2-5,8H2,1H3/t12-/m1/s1. The van der Waals surface area contributed by atoms with Crippen LogP contribution < -0.4 is 5.32 Å². The molecule has 1 saturated heterocycles. The van der Waals surface area contributed by atoms with E-state index in [0.717, 1.165) is 13.1 Å². The molecule has 5 heteroatoms. The Morgan fingerprint density at radius 1 is 1.39 bits per heavy atom. The molecule has 1 aliphatic rings. The van der Waals surface area contributed by atoms with Gasteiger partial charge in [0.2, 0.25) is 0 Å². The van der Waals surface area contributed by atoms with Crippen LogP contribution in [0.5, 0.6) is 5.75 Å². The minimum atomic E-state index is -0.629. The van der Waals surface area contributed by atoms with Crippen LogP contribution in [0, 0.1) is 12.7 Å². The van der Waals surface area contributed by atoms with Gasteiger partial charge in [-0.15, -0.1) is 0 Å². The molecule has 0 unspecified atom stereocenters. The van der Waals surface area contributed by atoms with E-state index in [0.29, 0.717) is 24.2 Å². The Balaban J connectivity index is 2.31. The first-order valence-electron chi connectivity index (χ1n) is 6.13. The zero-order valence-corrected chi connectivity index (χ0v) is 10.4. The summed E-state index contributed by atoms with van der Waals surface area (Å²) in [6, 6.07) is 1.92. The zero-order valence-electron chi connectivity index (χ0n) is 10.4. The van der Waals surface area contributed by atoms with E-state index in [4.69, 9.17) is 0 Å². The fraction of sp³-hybridized carbons (Fsp3) is 0.538. The van der Waals surface area contributed by atoms with Gasteiger partial charge in [-0.2, -0.15) is 0 Å². The van der Waals surface area contributed by atoms with Crippen LogP contribution in [0.4, 0.5) is 8.78 Å². The zero-order chi connectivity index (χ0) is 13.1. The van der Waals surface area contributed by atoms with Crippen LogP contribution in [0.25, 0.3) is 0 Å². The predicted molar refractivity (Wildman–Crippen MR) is 66.0 cm³/mol. The van der Waals surface area contributed by atoms with Gasteiger partial charge < -0.3 is 10.4 Å². The Morgan fingerprint density at radius 3 is 2.67 bits per heavy atom. The number of nitrogens with zero attached hydrogens (tertiary/aromatic N) is 1. The van der Waals surface area contributed by atoms with Crippen molar-refractivity contribution in [3.8, 4) is 5.75 Å². The van der Waals surface area contributed by atoms with E-state index in [1.807, 2.05) is 4.90 Å². The summed E-state index contributed by atoms with van der Waals surface area (Å²) < 4.78 is 26.7. The van der Waals surface area contributed by atoms with Crippen LogP contribution in [0.3, 0.4) is 0 Å². The molecule has 1 fully saturated rings. The van der Waals surface area contributed by atoms with Gasteiger partial charge in [0.25, 0.3) is 0 Å². The number of aromatic hydroxyl groups is 1. The van der Waals surface area contributed by atoms with Gasteiger partial charge in [0.05, 0.1) is 6.04 Å². The van der Waals surface area contributed by atoms with Gasteiger partial charge in [-0.25, -0.2) is 8.78 Å². The van der Waals surface area contributed by atoms with Crippen LogP contribution in [0.1, 0.15) is 17.2 Å². The summed E-state index contributed by atoms with van der Waals surface area (Å²) in [5.74, 6) is -0.438. The van der Waals surface area contributed by atoms with Crippen molar-refractivity contribution in [2.75, 3.05) is 32.9 Å². The van der Waals surface area contributed by atoms with E-state index >= 15 is 0 Å². The Kier molecular flexibility index (Phi) is 4.14. The van der Waals surface area contributed by atoms with Crippen LogP contribution in [0.15, 0.2) is 12.1 Å². The molecule has 100 valence electrons. The average molecular weight is 256 g/mol. The molecule has 0 radical (unpaired) electrons. The molecule has 2 N–H and O–H groups in total. The van der Waals surface area contributed by atoms with Gasteiger partial charge in [0, 0.05) is 31.7 Å². The highest BCUT2D eigenvalue weighted by atomic mass is 19.1. The smallest absolute Gasteiger partial charge is 0.124 e. The minimum absolute atomic E-state index is 0.00224. The lowest BCUT2D eigenvalue weighted by Gasteiger charge is -2.34. The lowest BCUT2D eigenvalue weighted by atomic mass is 10.0. The van der Waals surface area contributed by atoms with Crippen molar-refractivity contribution < 1.29 is 13.9 Å². The molecule has 0 aromatic heterocycles. The number of benzene rings is 1. The number of alkyl halides is 1. The molecular weight excluding hydrogens is 238 g/mol. The largest absolute Gasteiger partial charge is 0.507 e. The van der Waals surface area contributed by atoms with E-state index < -0.39 is 18.5 Å². The maximum Gasteiger partial charge on any atom is 0.124 e. The van der Waals surface area contributed by atoms with Gasteiger partial charge in [0.1, 0.15) is 18.2 Å². The van der Waals surface area contributed by atoms with E-state index in [1.54, 1.807) is 6.92 Å². The third-order valence-electron chi connectivity index (χ3n) is 3.39. The molecule has 0 aliphatic carbocycles. The monoisotopic (exact) mass is 256 g/mol. The quantitative estimate of drug-likeness (QED) is 0.865. The molecule has 1 heterocycles. The molecule has 18 heavy (non-hydrogen) atoms. The van der Waals surface area contributed by atoms with Crippen molar-refractivity contribution in [3.05, 3.63) is 29.1 Å². The summed E-state index contributed by atoms with van der Waals surface area (Å²) in [7, 11) is 0. The lowest BCUT2D eigenvalue weighted by molar-refractivity contribution is 0.145. The number of hydrogen-bond donors (Lipinski definition) is 2. The van der Waals surface area contributed by atoms with Crippen LogP contribution in [-0.2, 0) is 0 Å². The molecule has 3 nitrogen and oxygen atoms in total. The van der Waals surface area contributed by atoms with E-state index in [1.165, 1.54) is 12.1 Å². The van der Waals surface area contributed by atoms with Crippen molar-refractivity contribution in [2.24, 2.45) is 0 Å². The number of phenolic OH excluding ortho intramolecular Hbond substituents is 1. The number of nitrogens with one attached hydrogen (secondary N) is 1. The normalized spacial score (nSPS) is 18.8. The maximum atomic E-state index is 13.4. The van der Waals surface area contributed by atoms with E-state index in [2.05, 4.69) is 5.32 Å². The molecule has 0 saturated carbocycles. The Morgan fingerprint density at radius 2 is 2.06 bits per heavy atom. The molecular formula is C13H18F2N2O. The molecule has 2 rings (SSSR count). The summed E-state index contributed by atoms with van der Waals surface area (Å²) in [5, 5.41) is 13.2. The molecule has 1 atom stereocenters. The molecule has 0 amide bonds. The number of halogens is 2. The summed E-state index contributed by atoms with van der Waals surface area (Å²) in [5.41, 5.74) is 0.787. The fourth-order valence-electron chi connectivity index (χ4n) is 2.39. The Bertz CT molecular complexity index is 420. The predicted octanol–water partition coefficient (Wildman–Crippen LogP) is 1.76. The van der Waals surface area contributed by atoms with Gasteiger partial charge in [-0.1, -0.05) is 0 Å². The van der Waals surface area contributed by atoms with Crippen LogP contribution in [-0.4, -0.2) is 42.9 Å². The van der Waals surface area contributed by atoms with Crippen molar-refractivity contribution in [3.63, 3.8) is 0 Å². The van der Waals surface area contributed by atoms with Crippen molar-refractivity contribution in [2.45, 2.75) is 13.0 Å². The first kappa shape index (κ1) is 13.2. The third-order valence-corrected chi connectivity index (χ3v) is 3.39. The van der Waals surface area contributed by atoms with Gasteiger partial charge in [-0.05, 0) is 24.6 Å². The summed E-state index contributed by atoms with van der Waals surface area (Å²) in [6.07, 6.45) is 0. The van der Waals surface area contributed by atoms with E-state index in [-0.39, 0.29) is 5.75 Å². The first-order chi connectivity index (χ1) is 8.63. The highest BCUT2D eigenvalue weighted by Crippen LogP contribution is 2.32. The number of rotatable bonds is 3. The minimum Gasteiger partial charge on any atom is -0.507 e. The second-order valence-corrected chi connectivity index (χ2v) is 4.62. The molecule has 1 aromatic carbocycles. The van der Waals surface area contributed by atoms with Crippen molar-refractivity contribution >= 4 is 0 Å². The van der Waals surface area contributed by atoms with Crippen LogP contribution >= 0.6 is 0 Å². The molecule has 0 bridgehead atoms. The Hall–Kier alpha value is -1.20. The number of aryl methyl sites for hydroxylation is 1. The number of phenols is 1.